The fourth-order valence-electron chi connectivity index (χ4n) is 5.09. The Balaban J connectivity index is 1.33. The van der Waals surface area contributed by atoms with Gasteiger partial charge in [-0.2, -0.15) is 0 Å². The van der Waals surface area contributed by atoms with Gasteiger partial charge < -0.3 is 19.8 Å². The number of benzene rings is 1. The smallest absolute Gasteiger partial charge is 0.226 e. The highest BCUT2D eigenvalue weighted by atomic mass is 16.5. The van der Waals surface area contributed by atoms with Gasteiger partial charge in [0.2, 0.25) is 5.91 Å². The first-order valence-corrected chi connectivity index (χ1v) is 11.3. The number of carbonyl (C=O) groups is 1. The third-order valence-electron chi connectivity index (χ3n) is 7.17. The Morgan fingerprint density at radius 2 is 1.97 bits per heavy atom. The van der Waals surface area contributed by atoms with E-state index in [1.807, 2.05) is 29.2 Å². The number of nitrogens with zero attached hydrogens (tertiary/aromatic N) is 3. The maximum atomic E-state index is 12.8. The topological polar surface area (TPSA) is 86.1 Å². The second-order valence-corrected chi connectivity index (χ2v) is 9.22. The van der Waals surface area contributed by atoms with Crippen LogP contribution in [0.2, 0.25) is 0 Å². The number of aromatic hydroxyl groups is 1. The molecule has 0 radical (unpaired) electrons. The van der Waals surface area contributed by atoms with Crippen molar-refractivity contribution in [1.82, 2.24) is 14.8 Å². The van der Waals surface area contributed by atoms with E-state index in [1.165, 1.54) is 0 Å². The van der Waals surface area contributed by atoms with Crippen LogP contribution < -0.4 is 4.74 Å². The lowest BCUT2D eigenvalue weighted by atomic mass is 9.77. The Bertz CT molecular complexity index is 970. The number of pyridine rings is 1. The Morgan fingerprint density at radius 1 is 1.22 bits per heavy atom. The van der Waals surface area contributed by atoms with E-state index in [-0.39, 0.29) is 23.7 Å². The van der Waals surface area contributed by atoms with E-state index >= 15 is 0 Å². The number of aromatic nitrogens is 1. The summed E-state index contributed by atoms with van der Waals surface area (Å²) in [5, 5.41) is 20.1. The standard InChI is InChI=1S/C25H33N3O4/c1-18-24(31)22(20(16-29)14-26-18)15-27-9-6-25(17-27)7-10-28(11-8-25)23(30)13-19-4-3-5-21(12-19)32-2/h3-5,12,14,29,31H,6-11,13,15-17H2,1-2H3. The maximum Gasteiger partial charge on any atom is 0.226 e. The van der Waals surface area contributed by atoms with Crippen molar-refractivity contribution in [3.8, 4) is 11.5 Å². The van der Waals surface area contributed by atoms with E-state index in [0.29, 0.717) is 24.2 Å². The monoisotopic (exact) mass is 439 g/mol. The van der Waals surface area contributed by atoms with Crippen molar-refractivity contribution in [2.45, 2.75) is 45.8 Å². The zero-order valence-electron chi connectivity index (χ0n) is 19.0. The number of methoxy groups -OCH3 is 1. The average Bonchev–Trinajstić information content (AvgIpc) is 3.19. The number of hydrogen-bond donors (Lipinski definition) is 2. The van der Waals surface area contributed by atoms with Gasteiger partial charge in [-0.25, -0.2) is 0 Å². The van der Waals surface area contributed by atoms with Gasteiger partial charge >= 0.3 is 0 Å². The average molecular weight is 440 g/mol. The molecule has 2 fully saturated rings. The molecule has 2 aliphatic heterocycles. The first kappa shape index (κ1) is 22.6. The highest BCUT2D eigenvalue weighted by Crippen LogP contribution is 2.41. The second-order valence-electron chi connectivity index (χ2n) is 9.22. The van der Waals surface area contributed by atoms with E-state index in [4.69, 9.17) is 4.74 Å². The van der Waals surface area contributed by atoms with Crippen molar-refractivity contribution in [2.75, 3.05) is 33.3 Å². The minimum Gasteiger partial charge on any atom is -0.506 e. The largest absolute Gasteiger partial charge is 0.506 e. The second kappa shape index (κ2) is 9.46. The number of carbonyl (C=O) groups excluding carboxylic acids is 1. The van der Waals surface area contributed by atoms with Crippen LogP contribution in [-0.2, 0) is 24.4 Å². The van der Waals surface area contributed by atoms with Crippen molar-refractivity contribution >= 4 is 5.91 Å². The molecule has 1 aromatic heterocycles. The lowest BCUT2D eigenvalue weighted by Gasteiger charge is -2.39. The molecule has 32 heavy (non-hydrogen) atoms. The highest BCUT2D eigenvalue weighted by molar-refractivity contribution is 5.79. The molecule has 2 N–H and O–H groups in total. The maximum absolute atomic E-state index is 12.8. The number of piperidine rings is 1. The van der Waals surface area contributed by atoms with Gasteiger partial charge in [0.25, 0.3) is 0 Å². The molecule has 1 amide bonds. The number of hydrogen-bond acceptors (Lipinski definition) is 6. The number of aliphatic hydroxyl groups is 1. The fraction of sp³-hybridized carbons (Fsp3) is 0.520. The van der Waals surface area contributed by atoms with E-state index in [9.17, 15) is 15.0 Å². The summed E-state index contributed by atoms with van der Waals surface area (Å²) in [7, 11) is 1.64. The van der Waals surface area contributed by atoms with E-state index in [1.54, 1.807) is 20.2 Å². The lowest BCUT2D eigenvalue weighted by Crippen LogP contribution is -2.44. The molecular formula is C25H33N3O4. The first-order valence-electron chi connectivity index (χ1n) is 11.3. The van der Waals surface area contributed by atoms with E-state index in [0.717, 1.165) is 62.3 Å². The van der Waals surface area contributed by atoms with Crippen LogP contribution in [0.4, 0.5) is 0 Å². The van der Waals surface area contributed by atoms with Crippen LogP contribution in [0.15, 0.2) is 30.5 Å². The lowest BCUT2D eigenvalue weighted by molar-refractivity contribution is -0.132. The minimum atomic E-state index is -0.125. The van der Waals surface area contributed by atoms with Gasteiger partial charge in [-0.15, -0.1) is 0 Å². The van der Waals surface area contributed by atoms with Crippen LogP contribution in [0, 0.1) is 12.3 Å². The van der Waals surface area contributed by atoms with Crippen LogP contribution in [0.3, 0.4) is 0 Å². The van der Waals surface area contributed by atoms with Gasteiger partial charge in [0.1, 0.15) is 11.5 Å². The number of aryl methyl sites for hydroxylation is 1. The van der Waals surface area contributed by atoms with E-state index in [2.05, 4.69) is 9.88 Å². The zero-order valence-corrected chi connectivity index (χ0v) is 19.0. The molecule has 3 heterocycles. The molecule has 2 aromatic rings. The molecule has 172 valence electrons. The van der Waals surface area contributed by atoms with Gasteiger partial charge in [-0.3, -0.25) is 14.7 Å². The highest BCUT2D eigenvalue weighted by Gasteiger charge is 2.41. The van der Waals surface area contributed by atoms with Gasteiger partial charge in [0, 0.05) is 43.5 Å². The summed E-state index contributed by atoms with van der Waals surface area (Å²) in [6, 6.07) is 7.71. The molecule has 0 unspecified atom stereocenters. The molecule has 2 saturated heterocycles. The molecule has 0 atom stereocenters. The molecule has 2 aliphatic rings. The SMILES string of the molecule is COc1cccc(CC(=O)N2CCC3(CCN(Cc4c(CO)cnc(C)c4O)C3)CC2)c1. The van der Waals surface area contributed by atoms with Crippen LogP contribution in [0.1, 0.15) is 41.6 Å². The summed E-state index contributed by atoms with van der Waals surface area (Å²) in [6.45, 7) is 5.77. The van der Waals surface area contributed by atoms with Gasteiger partial charge in [0.15, 0.2) is 0 Å². The number of amides is 1. The number of likely N-dealkylation sites (tertiary alicyclic amines) is 2. The third-order valence-corrected chi connectivity index (χ3v) is 7.17. The van der Waals surface area contributed by atoms with Crippen LogP contribution >= 0.6 is 0 Å². The first-order chi connectivity index (χ1) is 15.4. The predicted octanol–water partition coefficient (Wildman–Crippen LogP) is 2.65. The Hall–Kier alpha value is -2.64. The summed E-state index contributed by atoms with van der Waals surface area (Å²) < 4.78 is 5.26. The molecule has 1 aromatic carbocycles. The molecule has 1 spiro atoms. The Labute approximate surface area is 189 Å². The number of ether oxygens (including phenoxy) is 1. The van der Waals surface area contributed by atoms with Crippen molar-refractivity contribution in [3.05, 3.63) is 52.8 Å². The van der Waals surface area contributed by atoms with Gasteiger partial charge in [-0.05, 0) is 55.8 Å². The normalized spacial score (nSPS) is 18.3. The number of rotatable bonds is 6. The van der Waals surface area contributed by atoms with Gasteiger partial charge in [-0.1, -0.05) is 12.1 Å². The molecular weight excluding hydrogens is 406 g/mol. The van der Waals surface area contributed by atoms with Crippen molar-refractivity contribution in [3.63, 3.8) is 0 Å². The summed E-state index contributed by atoms with van der Waals surface area (Å²) in [5.74, 6) is 1.14. The molecule has 7 heteroatoms. The van der Waals surface area contributed by atoms with Crippen LogP contribution in [0.25, 0.3) is 0 Å². The summed E-state index contributed by atoms with van der Waals surface area (Å²) in [5.41, 5.74) is 3.27. The van der Waals surface area contributed by atoms with Crippen molar-refractivity contribution in [2.24, 2.45) is 5.41 Å². The fourth-order valence-corrected chi connectivity index (χ4v) is 5.09. The third kappa shape index (κ3) is 4.74. The molecule has 0 bridgehead atoms. The quantitative estimate of drug-likeness (QED) is 0.720. The predicted molar refractivity (Wildman–Crippen MR) is 121 cm³/mol. The van der Waals surface area contributed by atoms with Crippen molar-refractivity contribution < 1.29 is 19.7 Å². The summed E-state index contributed by atoms with van der Waals surface area (Å²) >= 11 is 0. The number of aliphatic hydroxyl groups excluding tert-OH is 1. The Morgan fingerprint density at radius 3 is 2.69 bits per heavy atom. The Kier molecular flexibility index (Phi) is 6.67. The van der Waals surface area contributed by atoms with Crippen LogP contribution in [-0.4, -0.2) is 64.2 Å². The summed E-state index contributed by atoms with van der Waals surface area (Å²) in [6.07, 6.45) is 5.16. The van der Waals surface area contributed by atoms with Gasteiger partial charge in [0.05, 0.1) is 25.8 Å². The zero-order chi connectivity index (χ0) is 22.7. The van der Waals surface area contributed by atoms with E-state index < -0.39 is 0 Å². The molecule has 0 saturated carbocycles. The molecule has 0 aliphatic carbocycles. The van der Waals surface area contributed by atoms with Crippen molar-refractivity contribution in [1.29, 1.82) is 0 Å². The minimum absolute atomic E-state index is 0.125. The molecule has 7 nitrogen and oxygen atoms in total. The molecule has 4 rings (SSSR count). The van der Waals surface area contributed by atoms with Crippen LogP contribution in [0.5, 0.6) is 11.5 Å². The summed E-state index contributed by atoms with van der Waals surface area (Å²) in [4.78, 5) is 21.4.